The summed E-state index contributed by atoms with van der Waals surface area (Å²) in [4.78, 5) is 11.8. The van der Waals surface area contributed by atoms with Gasteiger partial charge in [0.15, 0.2) is 0 Å². The highest BCUT2D eigenvalue weighted by molar-refractivity contribution is 7.15. The topological polar surface area (TPSA) is 54.9 Å². The minimum Gasteiger partial charge on any atom is -0.301 e. The van der Waals surface area contributed by atoms with Crippen LogP contribution in [0.15, 0.2) is 12.2 Å². The first kappa shape index (κ1) is 14.2. The van der Waals surface area contributed by atoms with Crippen molar-refractivity contribution in [3.63, 3.8) is 0 Å². The molecule has 1 aliphatic carbocycles. The first-order valence-electron chi connectivity index (χ1n) is 7.07. The van der Waals surface area contributed by atoms with E-state index in [2.05, 4.69) is 34.6 Å². The molecule has 0 bridgehead atoms. The van der Waals surface area contributed by atoms with Gasteiger partial charge in [-0.1, -0.05) is 43.3 Å². The third-order valence-corrected chi connectivity index (χ3v) is 4.17. The fourth-order valence-corrected chi connectivity index (χ4v) is 3.00. The number of nitrogens with zero attached hydrogens (tertiary/aromatic N) is 2. The monoisotopic (exact) mass is 279 g/mol. The zero-order valence-corrected chi connectivity index (χ0v) is 12.2. The van der Waals surface area contributed by atoms with Gasteiger partial charge in [-0.3, -0.25) is 4.79 Å². The molecule has 104 valence electrons. The van der Waals surface area contributed by atoms with Crippen LogP contribution in [0.1, 0.15) is 50.5 Å². The van der Waals surface area contributed by atoms with Gasteiger partial charge in [0, 0.05) is 12.8 Å². The Morgan fingerprint density at radius 3 is 3.11 bits per heavy atom. The van der Waals surface area contributed by atoms with E-state index < -0.39 is 0 Å². The van der Waals surface area contributed by atoms with Gasteiger partial charge in [0.2, 0.25) is 11.0 Å². The first-order chi connectivity index (χ1) is 9.28. The van der Waals surface area contributed by atoms with E-state index in [-0.39, 0.29) is 5.91 Å². The maximum atomic E-state index is 11.8. The van der Waals surface area contributed by atoms with E-state index in [1.807, 2.05) is 0 Å². The van der Waals surface area contributed by atoms with Crippen LogP contribution in [0.3, 0.4) is 0 Å². The van der Waals surface area contributed by atoms with Gasteiger partial charge in [-0.05, 0) is 25.2 Å². The summed E-state index contributed by atoms with van der Waals surface area (Å²) in [5, 5.41) is 12.6. The number of unbranched alkanes of at least 4 members (excludes halogenated alkanes) is 2. The smallest absolute Gasteiger partial charge is 0.226 e. The van der Waals surface area contributed by atoms with Gasteiger partial charge >= 0.3 is 0 Å². The minimum absolute atomic E-state index is 0.0489. The maximum Gasteiger partial charge on any atom is 0.226 e. The number of rotatable bonds is 7. The van der Waals surface area contributed by atoms with E-state index >= 15 is 0 Å². The van der Waals surface area contributed by atoms with Gasteiger partial charge < -0.3 is 5.32 Å². The van der Waals surface area contributed by atoms with Crippen LogP contribution in [0.25, 0.3) is 0 Å². The summed E-state index contributed by atoms with van der Waals surface area (Å²) >= 11 is 1.50. The Kier molecular flexibility index (Phi) is 5.51. The number of hydrogen-bond donors (Lipinski definition) is 1. The lowest BCUT2D eigenvalue weighted by molar-refractivity contribution is -0.116. The van der Waals surface area contributed by atoms with Crippen LogP contribution in [0, 0.1) is 5.92 Å². The highest BCUT2D eigenvalue weighted by Crippen LogP contribution is 2.22. The largest absolute Gasteiger partial charge is 0.301 e. The van der Waals surface area contributed by atoms with E-state index in [1.165, 1.54) is 24.2 Å². The fourth-order valence-electron chi connectivity index (χ4n) is 2.21. The maximum absolute atomic E-state index is 11.8. The number of nitrogens with one attached hydrogen (secondary N) is 1. The summed E-state index contributed by atoms with van der Waals surface area (Å²) in [5.41, 5.74) is 0. The molecular formula is C14H21N3OS. The third kappa shape index (κ3) is 4.74. The van der Waals surface area contributed by atoms with Crippen molar-refractivity contribution < 1.29 is 4.79 Å². The predicted octanol–water partition coefficient (Wildman–Crippen LogP) is 3.57. The molecule has 0 aliphatic heterocycles. The number of aromatic nitrogens is 2. The Labute approximate surface area is 118 Å². The van der Waals surface area contributed by atoms with Crippen LogP contribution in [0.2, 0.25) is 0 Å². The fraction of sp³-hybridized carbons (Fsp3) is 0.643. The van der Waals surface area contributed by atoms with Crippen LogP contribution in [0.4, 0.5) is 5.13 Å². The van der Waals surface area contributed by atoms with Gasteiger partial charge in [0.1, 0.15) is 5.01 Å². The molecule has 4 nitrogen and oxygen atoms in total. The number of carbonyl (C=O) groups excluding carboxylic acids is 1. The highest BCUT2D eigenvalue weighted by atomic mass is 32.1. The SMILES string of the molecule is CCCCCc1nnc(NC(=O)CC2C=CCC2)s1. The van der Waals surface area contributed by atoms with E-state index in [4.69, 9.17) is 0 Å². The lowest BCUT2D eigenvalue weighted by Crippen LogP contribution is -2.14. The number of aryl methyl sites for hydroxylation is 1. The Morgan fingerprint density at radius 2 is 2.37 bits per heavy atom. The molecule has 1 heterocycles. The second-order valence-electron chi connectivity index (χ2n) is 4.98. The highest BCUT2D eigenvalue weighted by Gasteiger charge is 2.15. The van der Waals surface area contributed by atoms with Crippen molar-refractivity contribution >= 4 is 22.4 Å². The molecule has 0 fully saturated rings. The van der Waals surface area contributed by atoms with Crippen molar-refractivity contribution in [2.45, 2.75) is 51.9 Å². The van der Waals surface area contributed by atoms with Gasteiger partial charge in [-0.2, -0.15) is 0 Å². The van der Waals surface area contributed by atoms with Crippen LogP contribution in [0.5, 0.6) is 0 Å². The standard InChI is InChI=1S/C14H21N3OS/c1-2-3-4-9-13-16-17-14(19-13)15-12(18)10-11-7-5-6-8-11/h5,7,11H,2-4,6,8-10H2,1H3,(H,15,17,18). The summed E-state index contributed by atoms with van der Waals surface area (Å²) in [6, 6.07) is 0. The Morgan fingerprint density at radius 1 is 1.47 bits per heavy atom. The van der Waals surface area contributed by atoms with Crippen molar-refractivity contribution in [1.29, 1.82) is 0 Å². The zero-order valence-electron chi connectivity index (χ0n) is 11.4. The molecule has 2 rings (SSSR count). The summed E-state index contributed by atoms with van der Waals surface area (Å²) in [7, 11) is 0. The Bertz CT molecular complexity index is 442. The third-order valence-electron chi connectivity index (χ3n) is 3.27. The lowest BCUT2D eigenvalue weighted by Gasteiger charge is -2.05. The molecule has 1 N–H and O–H groups in total. The summed E-state index contributed by atoms with van der Waals surface area (Å²) in [5.74, 6) is 0.449. The van der Waals surface area contributed by atoms with E-state index in [0.29, 0.717) is 17.5 Å². The molecule has 0 aromatic carbocycles. The van der Waals surface area contributed by atoms with Crippen molar-refractivity contribution in [2.24, 2.45) is 5.92 Å². The molecule has 1 amide bonds. The second-order valence-corrected chi connectivity index (χ2v) is 6.04. The van der Waals surface area contributed by atoms with Gasteiger partial charge in [-0.15, -0.1) is 10.2 Å². The minimum atomic E-state index is 0.0489. The summed E-state index contributed by atoms with van der Waals surface area (Å²) in [6.07, 6.45) is 11.6. The molecule has 1 atom stereocenters. The second kappa shape index (κ2) is 7.38. The van der Waals surface area contributed by atoms with Crippen LogP contribution in [-0.2, 0) is 11.2 Å². The van der Waals surface area contributed by atoms with Crippen LogP contribution < -0.4 is 5.32 Å². The number of allylic oxidation sites excluding steroid dienone is 2. The molecule has 19 heavy (non-hydrogen) atoms. The summed E-state index contributed by atoms with van der Waals surface area (Å²) in [6.45, 7) is 2.18. The van der Waals surface area contributed by atoms with Crippen molar-refractivity contribution in [3.05, 3.63) is 17.2 Å². The first-order valence-corrected chi connectivity index (χ1v) is 7.88. The van der Waals surface area contributed by atoms with E-state index in [1.54, 1.807) is 0 Å². The zero-order chi connectivity index (χ0) is 13.5. The molecule has 1 unspecified atom stereocenters. The van der Waals surface area contributed by atoms with E-state index in [9.17, 15) is 4.79 Å². The summed E-state index contributed by atoms with van der Waals surface area (Å²) < 4.78 is 0. The van der Waals surface area contributed by atoms with Gasteiger partial charge in [0.05, 0.1) is 0 Å². The number of hydrogen-bond acceptors (Lipinski definition) is 4. The lowest BCUT2D eigenvalue weighted by atomic mass is 10.1. The average molecular weight is 279 g/mol. The number of amides is 1. The Hall–Kier alpha value is -1.23. The Balaban J connectivity index is 1.75. The van der Waals surface area contributed by atoms with Crippen molar-refractivity contribution in [1.82, 2.24) is 10.2 Å². The van der Waals surface area contributed by atoms with Gasteiger partial charge in [0.25, 0.3) is 0 Å². The number of anilines is 1. The molecule has 0 radical (unpaired) electrons. The molecule has 0 spiro atoms. The normalized spacial score (nSPS) is 17.8. The van der Waals surface area contributed by atoms with Crippen LogP contribution >= 0.6 is 11.3 Å². The molecule has 1 aliphatic rings. The molecule has 1 aromatic rings. The molecule has 0 saturated carbocycles. The molecule has 1 aromatic heterocycles. The van der Waals surface area contributed by atoms with Crippen molar-refractivity contribution in [3.8, 4) is 0 Å². The van der Waals surface area contributed by atoms with Crippen molar-refractivity contribution in [2.75, 3.05) is 5.32 Å². The van der Waals surface area contributed by atoms with E-state index in [0.717, 1.165) is 30.7 Å². The van der Waals surface area contributed by atoms with Gasteiger partial charge in [-0.25, -0.2) is 0 Å². The number of carbonyl (C=O) groups is 1. The average Bonchev–Trinajstić information content (AvgIpc) is 3.02. The molecule has 0 saturated heterocycles. The van der Waals surface area contributed by atoms with Crippen LogP contribution in [-0.4, -0.2) is 16.1 Å². The molecular weight excluding hydrogens is 258 g/mol. The predicted molar refractivity (Wildman–Crippen MR) is 78.2 cm³/mol. The quantitative estimate of drug-likeness (QED) is 0.613. The molecule has 5 heteroatoms.